The second-order valence-electron chi connectivity index (χ2n) is 7.39. The molecule has 0 aliphatic carbocycles. The molecule has 0 aromatic heterocycles. The van der Waals surface area contributed by atoms with Gasteiger partial charge in [0.05, 0.1) is 26.7 Å². The Balaban J connectivity index is 0.00000400. The maximum atomic E-state index is 2.48. The zero-order chi connectivity index (χ0) is 14.5. The van der Waals surface area contributed by atoms with E-state index in [1.807, 2.05) is 0 Å². The highest BCUT2D eigenvalue weighted by Gasteiger charge is 2.23. The van der Waals surface area contributed by atoms with Gasteiger partial charge in [-0.2, -0.15) is 0 Å². The summed E-state index contributed by atoms with van der Waals surface area (Å²) >= 11 is 0. The lowest BCUT2D eigenvalue weighted by Crippen LogP contribution is -3.00. The number of hydrogen-bond donors (Lipinski definition) is 0. The number of quaternary nitrogens is 1. The van der Waals surface area contributed by atoms with Crippen molar-refractivity contribution in [3.8, 4) is 0 Å². The van der Waals surface area contributed by atoms with Crippen LogP contribution in [-0.4, -0.2) is 31.2 Å². The Kier molecular flexibility index (Phi) is 14.8. The van der Waals surface area contributed by atoms with Gasteiger partial charge in [0.25, 0.3) is 0 Å². The number of halogens is 1. The zero-order valence-corrected chi connectivity index (χ0v) is 17.0. The van der Waals surface area contributed by atoms with Crippen LogP contribution in [0.1, 0.15) is 96.8 Å². The smallest absolute Gasteiger partial charge is 0.0784 e. The summed E-state index contributed by atoms with van der Waals surface area (Å²) in [5.74, 6) is 0. The molecule has 1 nitrogen and oxygen atoms in total. The van der Waals surface area contributed by atoms with E-state index in [0.29, 0.717) is 0 Å². The van der Waals surface area contributed by atoms with Crippen LogP contribution in [0.15, 0.2) is 0 Å². The molecule has 1 heterocycles. The maximum Gasteiger partial charge on any atom is 0.0784 e. The molecule has 1 fully saturated rings. The molecule has 1 aliphatic heterocycles. The first-order chi connectivity index (χ1) is 9.77. The average molecular weight is 409 g/mol. The van der Waals surface area contributed by atoms with Gasteiger partial charge in [-0.1, -0.05) is 64.7 Å². The quantitative estimate of drug-likeness (QED) is 0.264. The molecule has 0 atom stereocenters. The van der Waals surface area contributed by atoms with Crippen LogP contribution in [0.4, 0.5) is 0 Å². The van der Waals surface area contributed by atoms with E-state index in [4.69, 9.17) is 0 Å². The summed E-state index contributed by atoms with van der Waals surface area (Å²) in [6, 6.07) is 0. The van der Waals surface area contributed by atoms with Crippen LogP contribution in [0.2, 0.25) is 0 Å². The number of nitrogens with zero attached hydrogens (tertiary/aromatic N) is 1. The lowest BCUT2D eigenvalue weighted by molar-refractivity contribution is -0.914. The normalized spacial score (nSPS) is 17.4. The molecular weight excluding hydrogens is 369 g/mol. The van der Waals surface area contributed by atoms with E-state index in [9.17, 15) is 0 Å². The van der Waals surface area contributed by atoms with Crippen molar-refractivity contribution in [3.05, 3.63) is 0 Å². The number of likely N-dealkylation sites (tertiary alicyclic amines) is 1. The Labute approximate surface area is 151 Å². The third-order valence-corrected chi connectivity index (χ3v) is 5.20. The van der Waals surface area contributed by atoms with E-state index in [-0.39, 0.29) is 24.0 Å². The third-order valence-electron chi connectivity index (χ3n) is 5.20. The predicted octanol–water partition coefficient (Wildman–Crippen LogP) is 2.93. The van der Waals surface area contributed by atoms with Crippen molar-refractivity contribution in [1.82, 2.24) is 0 Å². The minimum atomic E-state index is 0. The first-order valence-electron chi connectivity index (χ1n) is 9.60. The van der Waals surface area contributed by atoms with Crippen LogP contribution in [0.3, 0.4) is 0 Å². The second kappa shape index (κ2) is 14.3. The summed E-state index contributed by atoms with van der Waals surface area (Å²) in [5, 5.41) is 0. The summed E-state index contributed by atoms with van der Waals surface area (Å²) < 4.78 is 1.37. The SMILES string of the molecule is CCCCCCCCCCCCC[N+]1(C)CCCCC1.[I-]. The minimum absolute atomic E-state index is 0. The summed E-state index contributed by atoms with van der Waals surface area (Å²) in [7, 11) is 2.48. The molecule has 0 saturated carbocycles. The highest BCUT2D eigenvalue weighted by molar-refractivity contribution is 4.53. The lowest BCUT2D eigenvalue weighted by Gasteiger charge is -2.37. The van der Waals surface area contributed by atoms with Gasteiger partial charge in [0.1, 0.15) is 0 Å². The molecule has 0 aromatic rings. The molecule has 21 heavy (non-hydrogen) atoms. The molecule has 1 aliphatic rings. The molecule has 0 radical (unpaired) electrons. The Morgan fingerprint density at radius 1 is 0.619 bits per heavy atom. The molecule has 1 saturated heterocycles. The van der Waals surface area contributed by atoms with E-state index in [2.05, 4.69) is 14.0 Å². The Morgan fingerprint density at radius 3 is 1.52 bits per heavy atom. The zero-order valence-electron chi connectivity index (χ0n) is 14.8. The van der Waals surface area contributed by atoms with Crippen LogP contribution >= 0.6 is 0 Å². The van der Waals surface area contributed by atoms with E-state index in [1.54, 1.807) is 0 Å². The third kappa shape index (κ3) is 11.9. The van der Waals surface area contributed by atoms with E-state index in [1.165, 1.54) is 114 Å². The minimum Gasteiger partial charge on any atom is -1.00 e. The van der Waals surface area contributed by atoms with Crippen LogP contribution in [0, 0.1) is 0 Å². The molecule has 128 valence electrons. The largest absolute Gasteiger partial charge is 1.00 e. The van der Waals surface area contributed by atoms with Crippen molar-refractivity contribution in [2.75, 3.05) is 26.7 Å². The average Bonchev–Trinajstić information content (AvgIpc) is 2.45. The number of unbranched alkanes of at least 4 members (excludes halogenated alkanes) is 10. The fourth-order valence-corrected chi connectivity index (χ4v) is 3.66. The van der Waals surface area contributed by atoms with Crippen LogP contribution in [0.25, 0.3) is 0 Å². The second-order valence-corrected chi connectivity index (χ2v) is 7.39. The molecular formula is C19H40IN. The molecule has 0 bridgehead atoms. The molecule has 0 N–H and O–H groups in total. The van der Waals surface area contributed by atoms with Gasteiger partial charge < -0.3 is 28.5 Å². The highest BCUT2D eigenvalue weighted by Crippen LogP contribution is 2.18. The molecule has 0 spiro atoms. The summed E-state index contributed by atoms with van der Waals surface area (Å²) in [4.78, 5) is 0. The van der Waals surface area contributed by atoms with E-state index >= 15 is 0 Å². The lowest BCUT2D eigenvalue weighted by atomic mass is 10.0. The van der Waals surface area contributed by atoms with Crippen LogP contribution in [0.5, 0.6) is 0 Å². The molecule has 2 heteroatoms. The van der Waals surface area contributed by atoms with Crippen molar-refractivity contribution in [2.45, 2.75) is 96.8 Å². The molecule has 0 amide bonds. The summed E-state index contributed by atoms with van der Waals surface area (Å²) in [6.45, 7) is 6.62. The van der Waals surface area contributed by atoms with Crippen molar-refractivity contribution in [2.24, 2.45) is 0 Å². The highest BCUT2D eigenvalue weighted by atomic mass is 127. The van der Waals surface area contributed by atoms with Crippen molar-refractivity contribution < 1.29 is 28.5 Å². The fourth-order valence-electron chi connectivity index (χ4n) is 3.66. The maximum absolute atomic E-state index is 2.48. The van der Waals surface area contributed by atoms with Crippen molar-refractivity contribution in [1.29, 1.82) is 0 Å². The number of rotatable bonds is 12. The first kappa shape index (κ1) is 21.7. The number of hydrogen-bond acceptors (Lipinski definition) is 0. The van der Waals surface area contributed by atoms with Crippen molar-refractivity contribution in [3.63, 3.8) is 0 Å². The Hall–Kier alpha value is 0.690. The van der Waals surface area contributed by atoms with E-state index in [0.717, 1.165) is 0 Å². The van der Waals surface area contributed by atoms with Gasteiger partial charge in [-0.15, -0.1) is 0 Å². The van der Waals surface area contributed by atoms with Crippen LogP contribution < -0.4 is 24.0 Å². The van der Waals surface area contributed by atoms with Gasteiger partial charge >= 0.3 is 0 Å². The number of piperidine rings is 1. The fraction of sp³-hybridized carbons (Fsp3) is 1.00. The Morgan fingerprint density at radius 2 is 1.05 bits per heavy atom. The topological polar surface area (TPSA) is 0 Å². The standard InChI is InChI=1S/C19H40N.HI/c1-3-4-5-6-7-8-9-10-11-12-14-17-20(2)18-15-13-16-19-20;/h3-19H2,1-2H3;1H/q+1;/p-1. The van der Waals surface area contributed by atoms with E-state index < -0.39 is 0 Å². The predicted molar refractivity (Wildman–Crippen MR) is 91.1 cm³/mol. The molecule has 0 aromatic carbocycles. The monoisotopic (exact) mass is 409 g/mol. The van der Waals surface area contributed by atoms with Gasteiger partial charge in [-0.05, 0) is 32.1 Å². The van der Waals surface area contributed by atoms with Crippen LogP contribution in [-0.2, 0) is 0 Å². The van der Waals surface area contributed by atoms with Gasteiger partial charge in [0.2, 0.25) is 0 Å². The molecule has 1 rings (SSSR count). The van der Waals surface area contributed by atoms with Gasteiger partial charge in [0, 0.05) is 0 Å². The summed E-state index contributed by atoms with van der Waals surface area (Å²) in [6.07, 6.45) is 20.5. The van der Waals surface area contributed by atoms with Gasteiger partial charge in [-0.3, -0.25) is 0 Å². The Bertz CT molecular complexity index is 212. The van der Waals surface area contributed by atoms with Gasteiger partial charge in [0.15, 0.2) is 0 Å². The molecule has 0 unspecified atom stereocenters. The van der Waals surface area contributed by atoms with Crippen molar-refractivity contribution >= 4 is 0 Å². The first-order valence-corrected chi connectivity index (χ1v) is 9.60. The summed E-state index contributed by atoms with van der Waals surface area (Å²) in [5.41, 5.74) is 0. The van der Waals surface area contributed by atoms with Gasteiger partial charge in [-0.25, -0.2) is 0 Å².